The number of benzene rings is 2. The molecule has 298 valence electrons. The van der Waals surface area contributed by atoms with Gasteiger partial charge in [0, 0.05) is 24.3 Å². The molecule has 0 saturated heterocycles. The first-order valence-electron chi connectivity index (χ1n) is 17.1. The molecular formula is C36H52N6O10S2. The lowest BCUT2D eigenvalue weighted by Gasteiger charge is -2.25. The number of amides is 6. The summed E-state index contributed by atoms with van der Waals surface area (Å²) in [5, 5.41) is 29.4. The Morgan fingerprint density at radius 3 is 1.17 bits per heavy atom. The highest BCUT2D eigenvalue weighted by atomic mass is 33.1. The van der Waals surface area contributed by atoms with Crippen molar-refractivity contribution < 1.29 is 48.5 Å². The van der Waals surface area contributed by atoms with Crippen LogP contribution in [0.5, 0.6) is 11.5 Å². The molecule has 10 N–H and O–H groups in total. The van der Waals surface area contributed by atoms with Gasteiger partial charge in [-0.2, -0.15) is 0 Å². The second-order valence-corrected chi connectivity index (χ2v) is 17.0. The van der Waals surface area contributed by atoms with Crippen molar-refractivity contribution >= 4 is 57.4 Å². The molecular weight excluding hydrogens is 741 g/mol. The summed E-state index contributed by atoms with van der Waals surface area (Å²) in [6, 6.07) is 7.69. The number of ether oxygens (including phenoxy) is 2. The van der Waals surface area contributed by atoms with E-state index in [9.17, 15) is 39.0 Å². The van der Waals surface area contributed by atoms with E-state index >= 15 is 0 Å². The molecule has 16 nitrogen and oxygen atoms in total. The summed E-state index contributed by atoms with van der Waals surface area (Å²) in [5.74, 6) is -2.20. The van der Waals surface area contributed by atoms with Crippen LogP contribution in [0.15, 0.2) is 48.5 Å². The molecule has 0 aromatic heterocycles. The number of nitrogens with two attached hydrogens (primary N) is 2. The van der Waals surface area contributed by atoms with Crippen LogP contribution in [0, 0.1) is 0 Å². The molecule has 2 rings (SSSR count). The van der Waals surface area contributed by atoms with Crippen molar-refractivity contribution in [2.45, 2.75) is 103 Å². The molecule has 4 atom stereocenters. The Hall–Kier alpha value is -4.84. The minimum absolute atomic E-state index is 0.0344. The topological polar surface area (TPSA) is 262 Å². The summed E-state index contributed by atoms with van der Waals surface area (Å²) in [4.78, 5) is 76.5. The lowest BCUT2D eigenvalue weighted by Crippen LogP contribution is -2.54. The Morgan fingerprint density at radius 1 is 0.574 bits per heavy atom. The van der Waals surface area contributed by atoms with Gasteiger partial charge < -0.3 is 52.4 Å². The van der Waals surface area contributed by atoms with E-state index in [1.807, 2.05) is 0 Å². The number of phenolic OH excluding ortho intramolecular Hbond substituents is 2. The zero-order valence-electron chi connectivity index (χ0n) is 31.3. The van der Waals surface area contributed by atoms with Gasteiger partial charge in [-0.1, -0.05) is 45.9 Å². The number of hydrogen-bond donors (Lipinski definition) is 8. The van der Waals surface area contributed by atoms with Crippen molar-refractivity contribution in [3.05, 3.63) is 59.7 Å². The summed E-state index contributed by atoms with van der Waals surface area (Å²) >= 11 is 0. The van der Waals surface area contributed by atoms with Crippen LogP contribution in [0.2, 0.25) is 0 Å². The van der Waals surface area contributed by atoms with E-state index in [4.69, 9.17) is 20.9 Å². The third-order valence-electron chi connectivity index (χ3n) is 7.15. The Bertz CT molecular complexity index is 1460. The van der Waals surface area contributed by atoms with E-state index in [2.05, 4.69) is 21.3 Å². The molecule has 0 aliphatic heterocycles. The molecule has 0 bridgehead atoms. The number of hydrogen-bond acceptors (Lipinski definition) is 12. The van der Waals surface area contributed by atoms with Crippen molar-refractivity contribution in [2.24, 2.45) is 11.5 Å². The van der Waals surface area contributed by atoms with Gasteiger partial charge in [-0.15, -0.1) is 0 Å². The van der Waals surface area contributed by atoms with Crippen LogP contribution in [0.1, 0.15) is 65.5 Å². The van der Waals surface area contributed by atoms with Gasteiger partial charge in [0.2, 0.25) is 23.6 Å². The second kappa shape index (κ2) is 21.2. The summed E-state index contributed by atoms with van der Waals surface area (Å²) in [6.07, 6.45) is -1.34. The standard InChI is InChI=1S/C36H52N6O10S2/c1-35(2,3)51-33(49)41-25(31(47)39-27(29(37)45)19-21-7-11-23(43)12-8-21)15-17-53-54-18-16-26(42-34(50)52-36(4,5)6)32(48)40-28(30(38)46)20-22-9-13-24(44)14-10-22/h7-14,25-28,43-44H,15-20H2,1-6H3,(H2,37,45)(H2,38,46)(H,39,47)(H,40,48)(H,41,49)(H,42,50)/t25-,26-,27-,28-/m0/s1. The number of alkyl carbamates (subject to hydrolysis) is 2. The van der Waals surface area contributed by atoms with Crippen molar-refractivity contribution in [3.8, 4) is 11.5 Å². The van der Waals surface area contributed by atoms with Gasteiger partial charge in [-0.25, -0.2) is 9.59 Å². The highest BCUT2D eigenvalue weighted by molar-refractivity contribution is 8.76. The highest BCUT2D eigenvalue weighted by Crippen LogP contribution is 2.24. The molecule has 0 saturated carbocycles. The molecule has 0 unspecified atom stereocenters. The van der Waals surface area contributed by atoms with Gasteiger partial charge >= 0.3 is 12.2 Å². The molecule has 0 spiro atoms. The van der Waals surface area contributed by atoms with Crippen LogP contribution >= 0.6 is 21.6 Å². The highest BCUT2D eigenvalue weighted by Gasteiger charge is 2.30. The summed E-state index contributed by atoms with van der Waals surface area (Å²) < 4.78 is 10.7. The van der Waals surface area contributed by atoms with Crippen molar-refractivity contribution in [1.29, 1.82) is 0 Å². The molecule has 0 heterocycles. The van der Waals surface area contributed by atoms with E-state index in [-0.39, 0.29) is 37.2 Å². The second-order valence-electron chi connectivity index (χ2n) is 14.3. The zero-order valence-corrected chi connectivity index (χ0v) is 32.9. The average molecular weight is 793 g/mol. The zero-order chi connectivity index (χ0) is 40.6. The van der Waals surface area contributed by atoms with Crippen LogP contribution < -0.4 is 32.7 Å². The first-order chi connectivity index (χ1) is 25.1. The Labute approximate surface area is 323 Å². The number of carbonyl (C=O) groups excluding carboxylic acids is 6. The van der Waals surface area contributed by atoms with Crippen molar-refractivity contribution in [3.63, 3.8) is 0 Å². The lowest BCUT2D eigenvalue weighted by molar-refractivity contribution is -0.128. The smallest absolute Gasteiger partial charge is 0.408 e. The molecule has 2 aromatic rings. The van der Waals surface area contributed by atoms with E-state index in [1.54, 1.807) is 65.8 Å². The normalized spacial score (nSPS) is 13.7. The summed E-state index contributed by atoms with van der Waals surface area (Å²) in [7, 11) is 2.66. The lowest BCUT2D eigenvalue weighted by atomic mass is 10.0. The largest absolute Gasteiger partial charge is 0.508 e. The molecule has 0 fully saturated rings. The molecule has 0 radical (unpaired) electrons. The van der Waals surface area contributed by atoms with E-state index in [1.165, 1.54) is 45.9 Å². The Morgan fingerprint density at radius 2 is 0.889 bits per heavy atom. The van der Waals surface area contributed by atoms with Gasteiger partial charge in [-0.05, 0) is 89.8 Å². The number of carbonyl (C=O) groups is 6. The average Bonchev–Trinajstić information content (AvgIpc) is 3.04. The molecule has 6 amide bonds. The maximum Gasteiger partial charge on any atom is 0.408 e. The van der Waals surface area contributed by atoms with E-state index < -0.39 is 71.2 Å². The maximum atomic E-state index is 13.4. The quantitative estimate of drug-likeness (QED) is 0.0755. The molecule has 0 aliphatic rings. The van der Waals surface area contributed by atoms with Crippen molar-refractivity contribution in [1.82, 2.24) is 21.3 Å². The molecule has 2 aromatic carbocycles. The van der Waals surface area contributed by atoms with E-state index in [0.717, 1.165) is 0 Å². The summed E-state index contributed by atoms with van der Waals surface area (Å²) in [5.41, 5.74) is 10.7. The SMILES string of the molecule is CC(C)(C)OC(=O)N[C@@H](CCSSCC[C@H](NC(=O)OC(C)(C)C)C(=O)N[C@@H](Cc1ccc(O)cc1)C(N)=O)C(=O)N[C@@H](Cc1ccc(O)cc1)C(N)=O. The van der Waals surface area contributed by atoms with Gasteiger partial charge in [0.25, 0.3) is 0 Å². The fourth-order valence-electron chi connectivity index (χ4n) is 4.61. The molecule has 18 heteroatoms. The third kappa shape index (κ3) is 18.3. The van der Waals surface area contributed by atoms with Gasteiger partial charge in [-0.3, -0.25) is 19.2 Å². The molecule has 54 heavy (non-hydrogen) atoms. The minimum atomic E-state index is -1.11. The fourth-order valence-corrected chi connectivity index (χ4v) is 6.80. The Balaban J connectivity index is 2.07. The predicted octanol–water partition coefficient (Wildman–Crippen LogP) is 2.77. The summed E-state index contributed by atoms with van der Waals surface area (Å²) in [6.45, 7) is 10.0. The fraction of sp³-hybridized carbons (Fsp3) is 0.500. The monoisotopic (exact) mass is 792 g/mol. The van der Waals surface area contributed by atoms with Crippen LogP contribution in [-0.4, -0.2) is 92.9 Å². The Kier molecular flexibility index (Phi) is 17.8. The molecule has 0 aliphatic carbocycles. The number of rotatable bonds is 19. The van der Waals surface area contributed by atoms with Gasteiger partial charge in [0.1, 0.15) is 46.9 Å². The number of nitrogens with one attached hydrogen (secondary N) is 4. The third-order valence-corrected chi connectivity index (χ3v) is 9.62. The van der Waals surface area contributed by atoms with Crippen LogP contribution in [-0.2, 0) is 41.5 Å². The predicted molar refractivity (Wildman–Crippen MR) is 206 cm³/mol. The van der Waals surface area contributed by atoms with Crippen molar-refractivity contribution in [2.75, 3.05) is 11.5 Å². The number of primary amides is 2. The van der Waals surface area contributed by atoms with Gasteiger partial charge in [0.05, 0.1) is 0 Å². The van der Waals surface area contributed by atoms with Gasteiger partial charge in [0.15, 0.2) is 0 Å². The van der Waals surface area contributed by atoms with Crippen LogP contribution in [0.4, 0.5) is 9.59 Å². The number of aromatic hydroxyl groups is 2. The first kappa shape index (κ1) is 45.3. The first-order valence-corrected chi connectivity index (χ1v) is 19.6. The van der Waals surface area contributed by atoms with Crippen LogP contribution in [0.25, 0.3) is 0 Å². The maximum absolute atomic E-state index is 13.4. The van der Waals surface area contributed by atoms with Crippen LogP contribution in [0.3, 0.4) is 0 Å². The number of phenols is 2. The van der Waals surface area contributed by atoms with E-state index in [0.29, 0.717) is 22.6 Å². The minimum Gasteiger partial charge on any atom is -0.508 e.